The highest BCUT2D eigenvalue weighted by Gasteiger charge is 2.24. The summed E-state index contributed by atoms with van der Waals surface area (Å²) in [5.41, 5.74) is 6.63. The summed E-state index contributed by atoms with van der Waals surface area (Å²) in [7, 11) is 0. The summed E-state index contributed by atoms with van der Waals surface area (Å²) in [6.07, 6.45) is 7.37. The first-order valence-electron chi connectivity index (χ1n) is 15.8. The van der Waals surface area contributed by atoms with Crippen molar-refractivity contribution in [1.82, 2.24) is 14.9 Å². The summed E-state index contributed by atoms with van der Waals surface area (Å²) < 4.78 is 6.39. The highest BCUT2D eigenvalue weighted by molar-refractivity contribution is 5.99. The van der Waals surface area contributed by atoms with Crippen LogP contribution >= 0.6 is 0 Å². The molecule has 0 unspecified atom stereocenters. The number of anilines is 1. The van der Waals surface area contributed by atoms with Crippen LogP contribution in [0.1, 0.15) is 52.3 Å². The first-order chi connectivity index (χ1) is 22.5. The fraction of sp³-hybridized carbons (Fsp3) is 0.205. The monoisotopic (exact) mass is 610 g/mol. The zero-order valence-corrected chi connectivity index (χ0v) is 26.2. The maximum absolute atomic E-state index is 12.7. The van der Waals surface area contributed by atoms with Crippen molar-refractivity contribution in [2.45, 2.75) is 33.2 Å². The number of carboxylic acids is 1. The second kappa shape index (κ2) is 14.2. The summed E-state index contributed by atoms with van der Waals surface area (Å²) >= 11 is 0. The molecule has 0 saturated heterocycles. The lowest BCUT2D eigenvalue weighted by Crippen LogP contribution is -2.31. The molecular weight excluding hydrogens is 572 g/mol. The summed E-state index contributed by atoms with van der Waals surface area (Å²) in [6.45, 7) is 7.03. The van der Waals surface area contributed by atoms with Crippen LogP contribution in [0, 0.1) is 0 Å². The molecule has 7 nitrogen and oxygen atoms in total. The van der Waals surface area contributed by atoms with Crippen molar-refractivity contribution in [1.29, 1.82) is 0 Å². The molecular formula is C39H38N4O3. The number of ether oxygens (including phenoxy) is 1. The predicted molar refractivity (Wildman–Crippen MR) is 183 cm³/mol. The van der Waals surface area contributed by atoms with Gasteiger partial charge in [0.25, 0.3) is 0 Å². The van der Waals surface area contributed by atoms with Gasteiger partial charge in [0.1, 0.15) is 11.5 Å². The Kier molecular flexibility index (Phi) is 9.51. The molecule has 3 aromatic carbocycles. The molecule has 0 radical (unpaired) electrons. The van der Waals surface area contributed by atoms with Gasteiger partial charge in [-0.1, -0.05) is 49.4 Å². The number of nitrogens with zero attached hydrogens (tertiary/aromatic N) is 3. The van der Waals surface area contributed by atoms with E-state index in [0.29, 0.717) is 18.7 Å². The third-order valence-electron chi connectivity index (χ3n) is 8.35. The maximum Gasteiger partial charge on any atom is 0.336 e. The van der Waals surface area contributed by atoms with Crippen LogP contribution in [0.15, 0.2) is 103 Å². The van der Waals surface area contributed by atoms with Gasteiger partial charge < -0.3 is 15.2 Å². The molecule has 5 aromatic rings. The van der Waals surface area contributed by atoms with Crippen LogP contribution in [0.4, 0.5) is 5.69 Å². The molecule has 0 bridgehead atoms. The Morgan fingerprint density at radius 3 is 2.37 bits per heavy atom. The van der Waals surface area contributed by atoms with Crippen molar-refractivity contribution in [2.24, 2.45) is 0 Å². The van der Waals surface area contributed by atoms with Crippen LogP contribution in [0.3, 0.4) is 0 Å². The number of rotatable bonds is 12. The van der Waals surface area contributed by atoms with Crippen LogP contribution < -0.4 is 20.5 Å². The van der Waals surface area contributed by atoms with Crippen LogP contribution in [0.5, 0.6) is 11.5 Å². The molecule has 0 fully saturated rings. The van der Waals surface area contributed by atoms with E-state index in [1.54, 1.807) is 6.07 Å². The van der Waals surface area contributed by atoms with Gasteiger partial charge in [-0.15, -0.1) is 0 Å². The van der Waals surface area contributed by atoms with Crippen molar-refractivity contribution in [3.05, 3.63) is 147 Å². The van der Waals surface area contributed by atoms with Gasteiger partial charge in [0.2, 0.25) is 0 Å². The van der Waals surface area contributed by atoms with Crippen molar-refractivity contribution in [3.8, 4) is 11.5 Å². The van der Waals surface area contributed by atoms with Gasteiger partial charge >= 0.3 is 5.97 Å². The van der Waals surface area contributed by atoms with Crippen molar-refractivity contribution in [2.75, 3.05) is 25.0 Å². The van der Waals surface area contributed by atoms with E-state index in [0.717, 1.165) is 81.6 Å². The number of hydrogen-bond donors (Lipinski definition) is 2. The summed E-state index contributed by atoms with van der Waals surface area (Å²) in [6, 6.07) is 29.8. The summed E-state index contributed by atoms with van der Waals surface area (Å²) in [5, 5.41) is 15.8. The number of benzene rings is 3. The zero-order chi connectivity index (χ0) is 31.9. The lowest BCUT2D eigenvalue weighted by molar-refractivity contribution is 0.0696. The van der Waals surface area contributed by atoms with E-state index < -0.39 is 5.97 Å². The van der Waals surface area contributed by atoms with Crippen LogP contribution in [-0.4, -0.2) is 45.6 Å². The van der Waals surface area contributed by atoms with Gasteiger partial charge in [0.15, 0.2) is 0 Å². The third kappa shape index (κ3) is 7.00. The average Bonchev–Trinajstić information content (AvgIpc) is 3.09. The van der Waals surface area contributed by atoms with E-state index in [-0.39, 0.29) is 5.56 Å². The molecule has 3 heterocycles. The molecule has 7 heteroatoms. The second-order valence-corrected chi connectivity index (χ2v) is 11.4. The van der Waals surface area contributed by atoms with Crippen molar-refractivity contribution in [3.63, 3.8) is 0 Å². The minimum absolute atomic E-state index is 0.241. The number of aromatic nitrogens is 2. The molecule has 2 N–H and O–H groups in total. The number of aryl methyl sites for hydroxylation is 1. The van der Waals surface area contributed by atoms with E-state index in [2.05, 4.69) is 39.2 Å². The molecule has 0 amide bonds. The smallest absolute Gasteiger partial charge is 0.336 e. The maximum atomic E-state index is 12.7. The van der Waals surface area contributed by atoms with Gasteiger partial charge in [0, 0.05) is 72.7 Å². The van der Waals surface area contributed by atoms with Gasteiger partial charge in [0.05, 0.1) is 11.3 Å². The fourth-order valence-corrected chi connectivity index (χ4v) is 5.86. The molecule has 0 aliphatic carbocycles. The molecule has 0 saturated carbocycles. The lowest BCUT2D eigenvalue weighted by Gasteiger charge is -2.24. The SMILES string of the molecule is C/C=c1\ccc2c(c1)Oc1cc(CC)ccc1C=2c1ccc(NCCN(CCc2ccccn2)Cc2ccccn2)cc1C(=O)O. The minimum atomic E-state index is -0.975. The largest absolute Gasteiger partial charge is 0.478 e. The number of aromatic carboxylic acids is 1. The standard InChI is InChI=1S/C39H38N4O3/c1-3-27-11-14-33-36(23-27)46-37-24-28(4-2)12-15-34(37)38(33)32-16-13-30(25-35(32)39(44)45)42-20-22-43(26-31-10-6-8-19-41-31)21-17-29-9-5-7-18-40-29/h3,5-16,18-19,23-25,42H,4,17,20-22,26H2,1-2H3,(H,44,45)/b27-3+. The number of fused-ring (bicyclic) bond motifs is 2. The quantitative estimate of drug-likeness (QED) is 0.175. The third-order valence-corrected chi connectivity index (χ3v) is 8.35. The van der Waals surface area contributed by atoms with Gasteiger partial charge in [-0.05, 0) is 84.3 Å². The molecule has 0 spiro atoms. The zero-order valence-electron chi connectivity index (χ0n) is 26.2. The first-order valence-corrected chi connectivity index (χ1v) is 15.8. The predicted octanol–water partition coefficient (Wildman–Crippen LogP) is 6.05. The first kappa shape index (κ1) is 30.7. The van der Waals surface area contributed by atoms with E-state index in [1.165, 1.54) is 0 Å². The Morgan fingerprint density at radius 1 is 0.870 bits per heavy atom. The van der Waals surface area contributed by atoms with Crippen LogP contribution in [-0.2, 0) is 19.4 Å². The van der Waals surface area contributed by atoms with Gasteiger partial charge in [-0.25, -0.2) is 4.79 Å². The summed E-state index contributed by atoms with van der Waals surface area (Å²) in [4.78, 5) is 24.1. The topological polar surface area (TPSA) is 87.6 Å². The van der Waals surface area contributed by atoms with E-state index >= 15 is 0 Å². The molecule has 0 atom stereocenters. The second-order valence-electron chi connectivity index (χ2n) is 11.4. The lowest BCUT2D eigenvalue weighted by atomic mass is 9.88. The highest BCUT2D eigenvalue weighted by atomic mass is 16.5. The van der Waals surface area contributed by atoms with Gasteiger partial charge in [-0.2, -0.15) is 0 Å². The Hall–Kier alpha value is -5.27. The average molecular weight is 611 g/mol. The Labute approximate surface area is 269 Å². The number of carboxylic acid groups (broad SMARTS) is 1. The Balaban J connectivity index is 1.27. The van der Waals surface area contributed by atoms with Crippen LogP contribution in [0.2, 0.25) is 0 Å². The minimum Gasteiger partial charge on any atom is -0.478 e. The molecule has 1 aliphatic heterocycles. The Morgan fingerprint density at radius 2 is 1.65 bits per heavy atom. The molecule has 6 rings (SSSR count). The molecule has 1 aliphatic rings. The Bertz CT molecular complexity index is 1960. The van der Waals surface area contributed by atoms with Crippen LogP contribution in [0.25, 0.3) is 11.6 Å². The van der Waals surface area contributed by atoms with Crippen molar-refractivity contribution >= 4 is 23.3 Å². The number of hydrogen-bond acceptors (Lipinski definition) is 6. The number of carbonyl (C=O) groups is 1. The normalized spacial score (nSPS) is 12.4. The fourth-order valence-electron chi connectivity index (χ4n) is 5.86. The van der Waals surface area contributed by atoms with E-state index in [1.807, 2.05) is 98.2 Å². The van der Waals surface area contributed by atoms with Crippen molar-refractivity contribution < 1.29 is 14.6 Å². The van der Waals surface area contributed by atoms with Gasteiger partial charge in [-0.3, -0.25) is 14.9 Å². The molecule has 232 valence electrons. The summed E-state index contributed by atoms with van der Waals surface area (Å²) in [5.74, 6) is 0.493. The van der Waals surface area contributed by atoms with E-state index in [9.17, 15) is 9.90 Å². The number of pyridine rings is 2. The molecule has 2 aromatic heterocycles. The molecule has 46 heavy (non-hydrogen) atoms. The highest BCUT2D eigenvalue weighted by Crippen LogP contribution is 2.38. The van der Waals surface area contributed by atoms with E-state index in [4.69, 9.17) is 4.74 Å². The number of nitrogens with one attached hydrogen (secondary N) is 1.